The predicted octanol–water partition coefficient (Wildman–Crippen LogP) is 14.5. The molecule has 18 nitrogen and oxygen atoms in total. The van der Waals surface area contributed by atoms with Crippen LogP contribution in [0.4, 0.5) is 45.2 Å². The summed E-state index contributed by atoms with van der Waals surface area (Å²) in [6, 6.07) is 19.4. The van der Waals surface area contributed by atoms with Crippen LogP contribution in [0.1, 0.15) is 147 Å². The van der Waals surface area contributed by atoms with Gasteiger partial charge in [0.1, 0.15) is 51.9 Å². The molecule has 5 heterocycles. The van der Waals surface area contributed by atoms with Crippen LogP contribution in [0.25, 0.3) is 45.8 Å². The molecule has 8 aromatic rings. The number of benzene rings is 6. The summed E-state index contributed by atoms with van der Waals surface area (Å²) >= 11 is 0. The van der Waals surface area contributed by atoms with Crippen LogP contribution in [-0.4, -0.2) is 148 Å². The third-order valence-electron chi connectivity index (χ3n) is 17.5. The van der Waals surface area contributed by atoms with E-state index in [1.807, 2.05) is 32.9 Å². The van der Waals surface area contributed by atoms with E-state index in [9.17, 15) is 27.6 Å². The van der Waals surface area contributed by atoms with Crippen molar-refractivity contribution in [1.29, 1.82) is 0 Å². The second kappa shape index (κ2) is 31.4. The van der Waals surface area contributed by atoms with E-state index in [4.69, 9.17) is 11.7 Å². The summed E-state index contributed by atoms with van der Waals surface area (Å²) < 4.78 is 146. The van der Waals surface area contributed by atoms with E-state index in [-0.39, 0.29) is 71.1 Å². The van der Waals surface area contributed by atoms with Gasteiger partial charge in [-0.2, -0.15) is 10.0 Å². The lowest BCUT2D eigenvalue weighted by Crippen LogP contribution is -2.48. The number of fused-ring (bicyclic) bond motifs is 3. The lowest BCUT2D eigenvalue weighted by atomic mass is 9.83. The molecule has 11 rings (SSSR count). The van der Waals surface area contributed by atoms with Gasteiger partial charge in [-0.1, -0.05) is 48.0 Å². The number of rotatable bonds is 17. The SMILES string of the molecule is CC1Cc2cc(-c3nnn(C)n3)ccc2C(c2c(F)cc(/C=C/C(=O)O)cc2F)N1CC(C)(C)F.COC(=O)/C=C/c1cc(F)c(C2c3ccc(-c4nn[nH]n4)cc3CC(C)N2CC(C)(C)F)c(F)c1.[C-]#[N+]c1ccc2c(c1)CC(C)N(CC(C)(C)F)C2c1c(F)cc(/C=C/C(=O)OC)cc1F. The van der Waals surface area contributed by atoms with Gasteiger partial charge < -0.3 is 14.6 Å². The second-order valence-electron chi connectivity index (χ2n) is 27.3. The van der Waals surface area contributed by atoms with Gasteiger partial charge in [0.05, 0.1) is 46.0 Å². The molecular formula is C75H77F9N12O6. The maximum atomic E-state index is 15.5. The third-order valence-corrected chi connectivity index (χ3v) is 17.5. The number of hydrogen-bond donors (Lipinski definition) is 2. The molecule has 536 valence electrons. The van der Waals surface area contributed by atoms with Crippen LogP contribution in [0.5, 0.6) is 0 Å². The number of H-pyrrole nitrogens is 1. The maximum absolute atomic E-state index is 15.5. The zero-order chi connectivity index (χ0) is 74.4. The van der Waals surface area contributed by atoms with E-state index < -0.39 is 87.9 Å². The van der Waals surface area contributed by atoms with Crippen LogP contribution in [0.2, 0.25) is 0 Å². The number of nitrogens with zero attached hydrogens (tertiary/aromatic N) is 11. The number of ether oxygens (including phenoxy) is 2. The quantitative estimate of drug-likeness (QED) is 0.0377. The van der Waals surface area contributed by atoms with Crippen molar-refractivity contribution < 1.29 is 68.5 Å². The molecular weight excluding hydrogens is 1340 g/mol. The largest absolute Gasteiger partial charge is 0.478 e. The van der Waals surface area contributed by atoms with Crippen LogP contribution in [-0.2, 0) is 50.2 Å². The fourth-order valence-corrected chi connectivity index (χ4v) is 13.3. The molecule has 27 heteroatoms. The Labute approximate surface area is 584 Å². The summed E-state index contributed by atoms with van der Waals surface area (Å²) in [4.78, 5) is 43.6. The summed E-state index contributed by atoms with van der Waals surface area (Å²) in [6.07, 6.45) is 8.27. The number of aryl methyl sites for hydroxylation is 1. The number of carbonyl (C=O) groups excluding carboxylic acids is 2. The number of carboxylic acids is 1. The Balaban J connectivity index is 0.000000178. The number of alkyl halides is 3. The third kappa shape index (κ3) is 18.3. The molecule has 6 unspecified atom stereocenters. The minimum atomic E-state index is -1.61. The number of aliphatic carboxylic acids is 1. The van der Waals surface area contributed by atoms with E-state index in [0.717, 1.165) is 83.0 Å². The van der Waals surface area contributed by atoms with Gasteiger partial charge in [-0.05, 0) is 203 Å². The number of aromatic nitrogens is 8. The molecule has 0 bridgehead atoms. The molecule has 102 heavy (non-hydrogen) atoms. The Morgan fingerprint density at radius 3 is 1.22 bits per heavy atom. The topological polar surface area (TPSA) is 202 Å². The van der Waals surface area contributed by atoms with E-state index in [0.29, 0.717) is 58.9 Å². The summed E-state index contributed by atoms with van der Waals surface area (Å²) in [7, 11) is 4.08. The first-order valence-corrected chi connectivity index (χ1v) is 32.5. The number of halogens is 9. The lowest BCUT2D eigenvalue weighted by Gasteiger charge is -2.44. The Bertz CT molecular complexity index is 4490. The maximum Gasteiger partial charge on any atom is 0.330 e. The van der Waals surface area contributed by atoms with Gasteiger partial charge in [0, 0.05) is 83.8 Å². The van der Waals surface area contributed by atoms with Crippen LogP contribution < -0.4 is 0 Å². The van der Waals surface area contributed by atoms with Crippen molar-refractivity contribution in [1.82, 2.24) is 55.5 Å². The van der Waals surface area contributed by atoms with Gasteiger partial charge in [0.15, 0.2) is 5.69 Å². The molecule has 0 spiro atoms. The molecule has 6 aromatic carbocycles. The lowest BCUT2D eigenvalue weighted by molar-refractivity contribution is -0.135. The van der Waals surface area contributed by atoms with Gasteiger partial charge >= 0.3 is 17.9 Å². The van der Waals surface area contributed by atoms with Gasteiger partial charge in [-0.25, -0.2) is 58.7 Å². The minimum Gasteiger partial charge on any atom is -0.478 e. The number of carboxylic acid groups (broad SMARTS) is 1. The van der Waals surface area contributed by atoms with Crippen molar-refractivity contribution in [2.24, 2.45) is 7.05 Å². The van der Waals surface area contributed by atoms with Gasteiger partial charge in [-0.3, -0.25) is 14.7 Å². The van der Waals surface area contributed by atoms with Crippen LogP contribution in [0, 0.1) is 41.5 Å². The van der Waals surface area contributed by atoms with Gasteiger partial charge in [0.2, 0.25) is 11.6 Å². The van der Waals surface area contributed by atoms with Crippen molar-refractivity contribution in [2.45, 2.75) is 135 Å². The molecule has 0 amide bonds. The van der Waals surface area contributed by atoms with Gasteiger partial charge in [0.25, 0.3) is 0 Å². The standard InChI is InChI=1S/2C25H26F3N5O2.C25H25F3N2O2/c1-14-9-17-12-16(24-29-31-32-30-24)6-7-18(17)23(33(14)13-25(2,3)28)22-19(26)10-15(11-20(22)27)5-8-21(34)35-4;1-14-9-17-12-16(24-29-31-32(4)30-24)6-7-18(17)23(33(14)13-25(2,3)28)22-19(26)10-15(11-20(22)27)5-8-21(34)35;1-15-10-17-13-18(29-4)7-8-19(17)24(30(15)14-25(2,3)28)23-20(26)11-16(12-21(23)27)6-9-22(31)32-5/h5-8,10-12,14,23H,9,13H2,1-4H3,(H,29,30,31,32);5-8,10-12,14,23H,9,13H2,1-4H3,(H,34,35);6-9,11-13,15,24H,10,14H2,1-3,5H3/b2*8-5+;9-6+. The Morgan fingerprint density at radius 1 is 0.549 bits per heavy atom. The highest BCUT2D eigenvalue weighted by molar-refractivity contribution is 5.88. The highest BCUT2D eigenvalue weighted by Crippen LogP contribution is 2.46. The van der Waals surface area contributed by atoms with E-state index in [1.165, 1.54) is 72.7 Å². The van der Waals surface area contributed by atoms with Crippen molar-refractivity contribution >= 4 is 41.8 Å². The van der Waals surface area contributed by atoms with Gasteiger partial charge in [-0.15, -0.1) is 20.4 Å². The summed E-state index contributed by atoms with van der Waals surface area (Å²) in [6.45, 7) is 21.5. The van der Waals surface area contributed by atoms with Crippen LogP contribution in [0.3, 0.4) is 0 Å². The smallest absolute Gasteiger partial charge is 0.330 e. The zero-order valence-electron chi connectivity index (χ0n) is 58.1. The highest BCUT2D eigenvalue weighted by Gasteiger charge is 2.43. The molecule has 0 radical (unpaired) electrons. The minimum absolute atomic E-state index is 0.0201. The summed E-state index contributed by atoms with van der Waals surface area (Å²) in [5.74, 6) is -6.51. The molecule has 3 aliphatic rings. The first kappa shape index (κ1) is 76.0. The average molecular weight is 1410 g/mol. The predicted molar refractivity (Wildman–Crippen MR) is 365 cm³/mol. The number of esters is 2. The monoisotopic (exact) mass is 1410 g/mol. The highest BCUT2D eigenvalue weighted by atomic mass is 19.2. The molecule has 0 fully saturated rings. The second-order valence-corrected chi connectivity index (χ2v) is 27.3. The van der Waals surface area contributed by atoms with Crippen molar-refractivity contribution in [2.75, 3.05) is 33.9 Å². The fourth-order valence-electron chi connectivity index (χ4n) is 13.3. The number of aromatic amines is 1. The Morgan fingerprint density at radius 2 is 0.902 bits per heavy atom. The molecule has 6 atom stereocenters. The normalized spacial score (nSPS) is 18.7. The number of tetrazole rings is 2. The molecule has 0 saturated carbocycles. The zero-order valence-corrected chi connectivity index (χ0v) is 58.1. The summed E-state index contributed by atoms with van der Waals surface area (Å²) in [5.41, 5.74) is 1.46. The van der Waals surface area contributed by atoms with E-state index in [1.54, 1.807) is 64.2 Å². The number of carbonyl (C=O) groups is 3. The molecule has 2 aromatic heterocycles. The van der Waals surface area contributed by atoms with Crippen LogP contribution >= 0.6 is 0 Å². The number of nitrogens with one attached hydrogen (secondary N) is 1. The molecule has 3 aliphatic heterocycles. The number of methoxy groups -OCH3 is 2. The molecule has 0 aliphatic carbocycles. The average Bonchev–Trinajstić information content (AvgIpc) is 0.817. The fraction of sp³-hybridized carbons (Fsp3) is 0.360. The first-order chi connectivity index (χ1) is 48.0. The van der Waals surface area contributed by atoms with Crippen LogP contribution in [0.15, 0.2) is 109 Å². The number of hydrogen-bond acceptors (Lipinski definition) is 14. The Hall–Kier alpha value is -10.2. The Kier molecular flexibility index (Phi) is 23.4. The molecule has 0 saturated heterocycles. The molecule has 2 N–H and O–H groups in total. The first-order valence-electron chi connectivity index (χ1n) is 32.5. The van der Waals surface area contributed by atoms with Crippen molar-refractivity contribution in [3.8, 4) is 22.8 Å². The summed E-state index contributed by atoms with van der Waals surface area (Å²) in [5, 5.41) is 34.9. The van der Waals surface area contributed by atoms with E-state index >= 15 is 26.3 Å². The van der Waals surface area contributed by atoms with Crippen molar-refractivity contribution in [3.63, 3.8) is 0 Å². The van der Waals surface area contributed by atoms with Crippen molar-refractivity contribution in [3.05, 3.63) is 222 Å². The van der Waals surface area contributed by atoms with E-state index in [2.05, 4.69) is 50.4 Å².